The maximum Gasteiger partial charge on any atom is 0.146 e. The van der Waals surface area contributed by atoms with Crippen molar-refractivity contribution in [2.45, 2.75) is 19.8 Å². The van der Waals surface area contributed by atoms with Crippen LogP contribution in [0.2, 0.25) is 0 Å². The first-order chi connectivity index (χ1) is 10.8. The normalized spacial score (nSPS) is 13.6. The van der Waals surface area contributed by atoms with Gasteiger partial charge in [-0.05, 0) is 38.0 Å². The Morgan fingerprint density at radius 3 is 2.55 bits per heavy atom. The fraction of sp³-hybridized carbons (Fsp3) is 0.158. The van der Waals surface area contributed by atoms with Crippen LogP contribution in [0, 0.1) is 0 Å². The summed E-state index contributed by atoms with van der Waals surface area (Å²) in [4.78, 5) is 9.44. The molecular weight excluding hydrogens is 270 g/mol. The maximum atomic E-state index is 4.91. The number of aryl methyl sites for hydroxylation is 1. The number of pyridine rings is 1. The summed E-state index contributed by atoms with van der Waals surface area (Å²) in [5, 5.41) is 0. The van der Waals surface area contributed by atoms with Crippen LogP contribution in [0.5, 0.6) is 0 Å². The van der Waals surface area contributed by atoms with E-state index in [1.165, 1.54) is 11.3 Å². The Kier molecular flexibility index (Phi) is 3.11. The van der Waals surface area contributed by atoms with Crippen molar-refractivity contribution in [3.63, 3.8) is 0 Å². The highest BCUT2D eigenvalue weighted by Crippen LogP contribution is 2.31. The third-order valence-corrected chi connectivity index (χ3v) is 4.04. The van der Waals surface area contributed by atoms with Gasteiger partial charge in [0.1, 0.15) is 11.6 Å². The van der Waals surface area contributed by atoms with Gasteiger partial charge in [0.15, 0.2) is 0 Å². The molecular formula is C19H17N3. The molecule has 0 atom stereocenters. The van der Waals surface area contributed by atoms with Crippen molar-refractivity contribution in [1.82, 2.24) is 14.5 Å². The second-order valence-electron chi connectivity index (χ2n) is 5.65. The third-order valence-electron chi connectivity index (χ3n) is 4.04. The lowest BCUT2D eigenvalue weighted by molar-refractivity contribution is 0.887. The molecule has 0 unspecified atom stereocenters. The van der Waals surface area contributed by atoms with Crippen LogP contribution >= 0.6 is 0 Å². The molecule has 0 radical (unpaired) electrons. The van der Waals surface area contributed by atoms with Gasteiger partial charge >= 0.3 is 0 Å². The molecule has 22 heavy (non-hydrogen) atoms. The number of nitrogens with zero attached hydrogens (tertiary/aromatic N) is 3. The standard InChI is InChI=1S/C19H17N3/c1-14-10-11-16-17(13-14)22(18-9-5-6-12-20-18)19(21-16)15-7-3-2-4-8-15/h2-9,12-13H,10-11H2,1H3. The van der Waals surface area contributed by atoms with E-state index in [0.717, 1.165) is 35.7 Å². The fourth-order valence-corrected chi connectivity index (χ4v) is 2.93. The van der Waals surface area contributed by atoms with E-state index in [0.29, 0.717) is 0 Å². The lowest BCUT2D eigenvalue weighted by atomic mass is 10.0. The molecule has 0 aliphatic heterocycles. The second-order valence-corrected chi connectivity index (χ2v) is 5.65. The average molecular weight is 287 g/mol. The number of allylic oxidation sites excluding steroid dienone is 1. The summed E-state index contributed by atoms with van der Waals surface area (Å²) in [6.07, 6.45) is 6.15. The van der Waals surface area contributed by atoms with Crippen molar-refractivity contribution < 1.29 is 0 Å². The Morgan fingerprint density at radius 1 is 0.955 bits per heavy atom. The van der Waals surface area contributed by atoms with Crippen molar-refractivity contribution in [1.29, 1.82) is 0 Å². The van der Waals surface area contributed by atoms with Crippen LogP contribution in [0.25, 0.3) is 23.3 Å². The Balaban J connectivity index is 2.00. The Labute approximate surface area is 130 Å². The van der Waals surface area contributed by atoms with Gasteiger partial charge in [-0.2, -0.15) is 0 Å². The maximum absolute atomic E-state index is 4.91. The molecule has 0 fully saturated rings. The van der Waals surface area contributed by atoms with Crippen LogP contribution < -0.4 is 0 Å². The Morgan fingerprint density at radius 2 is 1.77 bits per heavy atom. The van der Waals surface area contributed by atoms with E-state index in [9.17, 15) is 0 Å². The Hall–Kier alpha value is -2.68. The first-order valence-electron chi connectivity index (χ1n) is 7.58. The largest absolute Gasteiger partial charge is 0.277 e. The quantitative estimate of drug-likeness (QED) is 0.704. The number of aromatic nitrogens is 3. The van der Waals surface area contributed by atoms with Crippen molar-refractivity contribution in [3.8, 4) is 17.2 Å². The van der Waals surface area contributed by atoms with Crippen molar-refractivity contribution >= 4 is 6.08 Å². The predicted molar refractivity (Wildman–Crippen MR) is 88.8 cm³/mol. The summed E-state index contributed by atoms with van der Waals surface area (Å²) in [5.74, 6) is 1.89. The van der Waals surface area contributed by atoms with Gasteiger partial charge in [-0.15, -0.1) is 0 Å². The molecule has 1 aromatic carbocycles. The molecule has 108 valence electrons. The topological polar surface area (TPSA) is 30.7 Å². The molecule has 0 saturated heterocycles. The van der Waals surface area contributed by atoms with Crippen LogP contribution in [0.15, 0.2) is 60.3 Å². The zero-order valence-electron chi connectivity index (χ0n) is 12.5. The molecule has 4 rings (SSSR count). The summed E-state index contributed by atoms with van der Waals surface area (Å²) in [5.41, 5.74) is 4.84. The van der Waals surface area contributed by atoms with E-state index < -0.39 is 0 Å². The van der Waals surface area contributed by atoms with Gasteiger partial charge in [0.05, 0.1) is 11.4 Å². The fourth-order valence-electron chi connectivity index (χ4n) is 2.93. The SMILES string of the molecule is CC1=Cc2c(nc(-c3ccccc3)n2-c2ccccn2)CC1. The van der Waals surface area contributed by atoms with Crippen LogP contribution in [0.4, 0.5) is 0 Å². The van der Waals surface area contributed by atoms with Crippen LogP contribution in [0.1, 0.15) is 24.7 Å². The molecule has 2 heterocycles. The van der Waals surface area contributed by atoms with Gasteiger partial charge in [-0.25, -0.2) is 9.97 Å². The van der Waals surface area contributed by atoms with Crippen molar-refractivity contribution in [2.75, 3.05) is 0 Å². The number of benzene rings is 1. The van der Waals surface area contributed by atoms with E-state index >= 15 is 0 Å². The molecule has 0 spiro atoms. The minimum Gasteiger partial charge on any atom is -0.277 e. The number of hydrogen-bond acceptors (Lipinski definition) is 2. The van der Waals surface area contributed by atoms with Crippen LogP contribution in [0.3, 0.4) is 0 Å². The summed E-state index contributed by atoms with van der Waals surface area (Å²) < 4.78 is 2.17. The first-order valence-corrected chi connectivity index (χ1v) is 7.58. The second kappa shape index (κ2) is 5.26. The van der Waals surface area contributed by atoms with Crippen LogP contribution in [-0.2, 0) is 6.42 Å². The monoisotopic (exact) mass is 287 g/mol. The molecule has 0 bridgehead atoms. The average Bonchev–Trinajstić information content (AvgIpc) is 2.95. The van der Waals surface area contributed by atoms with Crippen molar-refractivity contribution in [2.24, 2.45) is 0 Å². The molecule has 0 N–H and O–H groups in total. The highest BCUT2D eigenvalue weighted by Gasteiger charge is 2.21. The summed E-state index contributed by atoms with van der Waals surface area (Å²) in [6, 6.07) is 16.3. The smallest absolute Gasteiger partial charge is 0.146 e. The van der Waals surface area contributed by atoms with E-state index in [1.54, 1.807) is 0 Å². The third kappa shape index (κ3) is 2.15. The highest BCUT2D eigenvalue weighted by atomic mass is 15.1. The molecule has 2 aromatic heterocycles. The zero-order valence-corrected chi connectivity index (χ0v) is 12.5. The minimum absolute atomic E-state index is 0.918. The number of hydrogen-bond donors (Lipinski definition) is 0. The van der Waals surface area contributed by atoms with Gasteiger partial charge in [0, 0.05) is 11.8 Å². The van der Waals surface area contributed by atoms with E-state index in [-0.39, 0.29) is 0 Å². The van der Waals surface area contributed by atoms with Crippen molar-refractivity contribution in [3.05, 3.63) is 71.7 Å². The lowest BCUT2D eigenvalue weighted by Gasteiger charge is -2.13. The number of rotatable bonds is 2. The molecule has 0 saturated carbocycles. The van der Waals surface area contributed by atoms with Crippen LogP contribution in [-0.4, -0.2) is 14.5 Å². The van der Waals surface area contributed by atoms with E-state index in [1.807, 2.05) is 42.6 Å². The zero-order chi connectivity index (χ0) is 14.9. The van der Waals surface area contributed by atoms with E-state index in [2.05, 4.69) is 34.7 Å². The number of imidazole rings is 1. The summed E-state index contributed by atoms with van der Waals surface area (Å²) >= 11 is 0. The van der Waals surface area contributed by atoms with Gasteiger partial charge in [-0.3, -0.25) is 4.57 Å². The molecule has 0 amide bonds. The first kappa shape index (κ1) is 13.0. The van der Waals surface area contributed by atoms with Gasteiger partial charge in [0.2, 0.25) is 0 Å². The summed E-state index contributed by atoms with van der Waals surface area (Å²) in [6.45, 7) is 2.18. The molecule has 3 heteroatoms. The Bertz CT molecular complexity index is 830. The predicted octanol–water partition coefficient (Wildman–Crippen LogP) is 4.28. The highest BCUT2D eigenvalue weighted by molar-refractivity contribution is 5.66. The lowest BCUT2D eigenvalue weighted by Crippen LogP contribution is -2.04. The number of fused-ring (bicyclic) bond motifs is 1. The summed E-state index contributed by atoms with van der Waals surface area (Å²) in [7, 11) is 0. The van der Waals surface area contributed by atoms with E-state index in [4.69, 9.17) is 4.98 Å². The molecule has 3 aromatic rings. The van der Waals surface area contributed by atoms with Gasteiger partial charge in [0.25, 0.3) is 0 Å². The molecule has 1 aliphatic rings. The molecule has 1 aliphatic carbocycles. The van der Waals surface area contributed by atoms with Gasteiger partial charge in [-0.1, -0.05) is 42.0 Å². The van der Waals surface area contributed by atoms with Gasteiger partial charge < -0.3 is 0 Å². The molecule has 3 nitrogen and oxygen atoms in total. The minimum atomic E-state index is 0.918.